The first-order valence-corrected chi connectivity index (χ1v) is 7.92. The molecule has 1 fully saturated rings. The molecule has 0 aromatic heterocycles. The van der Waals surface area contributed by atoms with E-state index in [4.69, 9.17) is 4.74 Å². The van der Waals surface area contributed by atoms with Crippen LogP contribution in [0, 0.1) is 17.8 Å². The zero-order chi connectivity index (χ0) is 15.4. The Labute approximate surface area is 127 Å². The Morgan fingerprint density at radius 2 is 1.90 bits per heavy atom. The molecule has 1 N–H and O–H groups in total. The first-order chi connectivity index (χ1) is 9.99. The molecule has 3 heteroatoms. The van der Waals surface area contributed by atoms with E-state index in [0.717, 1.165) is 12.8 Å². The van der Waals surface area contributed by atoms with Gasteiger partial charge in [0.15, 0.2) is 6.10 Å². The Kier molecular flexibility index (Phi) is 5.40. The molecule has 2 unspecified atom stereocenters. The van der Waals surface area contributed by atoms with Crippen LogP contribution in [0.5, 0.6) is 0 Å². The minimum atomic E-state index is -1.18. The molecule has 0 spiro atoms. The Balaban J connectivity index is 2.02. The van der Waals surface area contributed by atoms with Gasteiger partial charge in [-0.3, -0.25) is 0 Å². The van der Waals surface area contributed by atoms with E-state index in [1.165, 1.54) is 6.42 Å². The zero-order valence-corrected chi connectivity index (χ0v) is 13.2. The number of aliphatic hydroxyl groups is 1. The summed E-state index contributed by atoms with van der Waals surface area (Å²) in [7, 11) is 0. The van der Waals surface area contributed by atoms with Crippen molar-refractivity contribution in [2.75, 3.05) is 0 Å². The molecular weight excluding hydrogens is 264 g/mol. The fourth-order valence-electron chi connectivity index (χ4n) is 3.24. The summed E-state index contributed by atoms with van der Waals surface area (Å²) in [5.74, 6) is 0.940. The molecule has 0 radical (unpaired) electrons. The first kappa shape index (κ1) is 16.0. The summed E-state index contributed by atoms with van der Waals surface area (Å²) in [6, 6.07) is 8.97. The Morgan fingerprint density at radius 3 is 2.52 bits per heavy atom. The molecule has 1 saturated carbocycles. The van der Waals surface area contributed by atoms with E-state index in [1.807, 2.05) is 18.2 Å². The maximum atomic E-state index is 12.2. The highest BCUT2D eigenvalue weighted by Crippen LogP contribution is 2.36. The largest absolute Gasteiger partial charge is 0.460 e. The van der Waals surface area contributed by atoms with E-state index in [-0.39, 0.29) is 6.10 Å². The fourth-order valence-corrected chi connectivity index (χ4v) is 3.24. The van der Waals surface area contributed by atoms with Crippen molar-refractivity contribution in [3.05, 3.63) is 35.9 Å². The van der Waals surface area contributed by atoms with Gasteiger partial charge in [-0.2, -0.15) is 0 Å². The quantitative estimate of drug-likeness (QED) is 0.860. The SMILES string of the molecule is CC(C)C1CC[C@@H](C)CC1OC(=O)[C@H](O)c1ccccc1. The highest BCUT2D eigenvalue weighted by molar-refractivity contribution is 5.76. The molecule has 0 bridgehead atoms. The fraction of sp³-hybridized carbons (Fsp3) is 0.611. The van der Waals surface area contributed by atoms with E-state index in [9.17, 15) is 9.90 Å². The van der Waals surface area contributed by atoms with Crippen LogP contribution in [0.4, 0.5) is 0 Å². The summed E-state index contributed by atoms with van der Waals surface area (Å²) in [5, 5.41) is 10.1. The molecule has 21 heavy (non-hydrogen) atoms. The second-order valence-electron chi connectivity index (χ2n) is 6.61. The lowest BCUT2D eigenvalue weighted by Crippen LogP contribution is -2.37. The van der Waals surface area contributed by atoms with E-state index in [0.29, 0.717) is 23.3 Å². The lowest BCUT2D eigenvalue weighted by molar-refractivity contribution is -0.166. The third-order valence-corrected chi connectivity index (χ3v) is 4.57. The van der Waals surface area contributed by atoms with Crippen molar-refractivity contribution in [3.63, 3.8) is 0 Å². The molecule has 0 heterocycles. The van der Waals surface area contributed by atoms with Crippen LogP contribution in [0.3, 0.4) is 0 Å². The van der Waals surface area contributed by atoms with Gasteiger partial charge in [0.25, 0.3) is 0 Å². The van der Waals surface area contributed by atoms with Crippen molar-refractivity contribution >= 4 is 5.97 Å². The second-order valence-corrected chi connectivity index (χ2v) is 6.61. The van der Waals surface area contributed by atoms with Gasteiger partial charge >= 0.3 is 5.97 Å². The van der Waals surface area contributed by atoms with Crippen LogP contribution >= 0.6 is 0 Å². The van der Waals surface area contributed by atoms with Crippen LogP contribution < -0.4 is 0 Å². The molecule has 1 aliphatic rings. The number of hydrogen-bond acceptors (Lipinski definition) is 3. The lowest BCUT2D eigenvalue weighted by Gasteiger charge is -2.37. The average Bonchev–Trinajstić information content (AvgIpc) is 2.47. The van der Waals surface area contributed by atoms with Crippen molar-refractivity contribution in [3.8, 4) is 0 Å². The lowest BCUT2D eigenvalue weighted by atomic mass is 9.75. The highest BCUT2D eigenvalue weighted by atomic mass is 16.6. The van der Waals surface area contributed by atoms with Crippen molar-refractivity contribution in [1.29, 1.82) is 0 Å². The van der Waals surface area contributed by atoms with Crippen molar-refractivity contribution in [1.82, 2.24) is 0 Å². The number of carbonyl (C=O) groups is 1. The van der Waals surface area contributed by atoms with Gasteiger partial charge in [-0.15, -0.1) is 0 Å². The topological polar surface area (TPSA) is 46.5 Å². The van der Waals surface area contributed by atoms with Gasteiger partial charge in [0.2, 0.25) is 0 Å². The van der Waals surface area contributed by atoms with Crippen LogP contribution in [-0.4, -0.2) is 17.2 Å². The summed E-state index contributed by atoms with van der Waals surface area (Å²) in [6.07, 6.45) is 1.93. The molecule has 1 aromatic rings. The van der Waals surface area contributed by atoms with Crippen LogP contribution in [-0.2, 0) is 9.53 Å². The van der Waals surface area contributed by atoms with Gasteiger partial charge in [0.1, 0.15) is 6.10 Å². The summed E-state index contributed by atoms with van der Waals surface area (Å²) in [4.78, 5) is 12.2. The third-order valence-electron chi connectivity index (χ3n) is 4.57. The molecule has 2 rings (SSSR count). The molecule has 116 valence electrons. The van der Waals surface area contributed by atoms with E-state index in [1.54, 1.807) is 12.1 Å². The molecule has 1 aliphatic carbocycles. The monoisotopic (exact) mass is 290 g/mol. The second kappa shape index (κ2) is 7.08. The maximum Gasteiger partial charge on any atom is 0.339 e. The van der Waals surface area contributed by atoms with E-state index >= 15 is 0 Å². The minimum Gasteiger partial charge on any atom is -0.460 e. The number of aliphatic hydroxyl groups excluding tert-OH is 1. The number of rotatable bonds is 4. The van der Waals surface area contributed by atoms with Crippen molar-refractivity contribution in [2.24, 2.45) is 17.8 Å². The molecule has 3 nitrogen and oxygen atoms in total. The minimum absolute atomic E-state index is 0.0698. The maximum absolute atomic E-state index is 12.2. The predicted octanol–water partition coefficient (Wildman–Crippen LogP) is 3.72. The van der Waals surface area contributed by atoms with Crippen molar-refractivity contribution < 1.29 is 14.6 Å². The molecule has 0 amide bonds. The van der Waals surface area contributed by atoms with Crippen LogP contribution in [0.15, 0.2) is 30.3 Å². The van der Waals surface area contributed by atoms with Gasteiger partial charge < -0.3 is 9.84 Å². The molecule has 0 aliphatic heterocycles. The van der Waals surface area contributed by atoms with Crippen LogP contribution in [0.1, 0.15) is 51.7 Å². The molecule has 0 saturated heterocycles. The first-order valence-electron chi connectivity index (χ1n) is 7.92. The summed E-state index contributed by atoms with van der Waals surface area (Å²) >= 11 is 0. The van der Waals surface area contributed by atoms with Crippen LogP contribution in [0.25, 0.3) is 0 Å². The van der Waals surface area contributed by atoms with Gasteiger partial charge in [0, 0.05) is 0 Å². The molecule has 1 aromatic carbocycles. The Hall–Kier alpha value is -1.35. The van der Waals surface area contributed by atoms with Gasteiger partial charge in [-0.25, -0.2) is 4.79 Å². The summed E-state index contributed by atoms with van der Waals surface area (Å²) in [5.41, 5.74) is 0.590. The number of ether oxygens (including phenoxy) is 1. The van der Waals surface area contributed by atoms with E-state index < -0.39 is 12.1 Å². The van der Waals surface area contributed by atoms with E-state index in [2.05, 4.69) is 20.8 Å². The highest BCUT2D eigenvalue weighted by Gasteiger charge is 2.34. The summed E-state index contributed by atoms with van der Waals surface area (Å²) < 4.78 is 5.66. The Bertz CT molecular complexity index is 455. The Morgan fingerprint density at radius 1 is 1.24 bits per heavy atom. The van der Waals surface area contributed by atoms with Gasteiger partial charge in [-0.05, 0) is 36.2 Å². The summed E-state index contributed by atoms with van der Waals surface area (Å²) in [6.45, 7) is 6.55. The smallest absolute Gasteiger partial charge is 0.339 e. The predicted molar refractivity (Wildman–Crippen MR) is 82.6 cm³/mol. The standard InChI is InChI=1S/C18H26O3/c1-12(2)15-10-9-13(3)11-16(15)21-18(20)17(19)14-7-5-4-6-8-14/h4-8,12-13,15-17,19H,9-11H2,1-3H3/t13-,15?,16?,17-/m1/s1. The number of benzene rings is 1. The van der Waals surface area contributed by atoms with Gasteiger partial charge in [0.05, 0.1) is 0 Å². The zero-order valence-electron chi connectivity index (χ0n) is 13.2. The number of carbonyl (C=O) groups excluding carboxylic acids is 1. The average molecular weight is 290 g/mol. The number of hydrogen-bond donors (Lipinski definition) is 1. The van der Waals surface area contributed by atoms with Crippen LogP contribution in [0.2, 0.25) is 0 Å². The molecule has 4 atom stereocenters. The van der Waals surface area contributed by atoms with Crippen molar-refractivity contribution in [2.45, 2.75) is 52.2 Å². The third kappa shape index (κ3) is 4.07. The normalized spacial score (nSPS) is 27.4. The number of esters is 1. The van der Waals surface area contributed by atoms with Gasteiger partial charge in [-0.1, -0.05) is 57.5 Å². The molecular formula is C18H26O3.